The lowest BCUT2D eigenvalue weighted by Crippen LogP contribution is -2.49. The molecule has 0 atom stereocenters. The minimum atomic E-state index is 0.129. The molecule has 6 nitrogen and oxygen atoms in total. The molecule has 2 aromatic carbocycles. The van der Waals surface area contributed by atoms with E-state index in [1.807, 2.05) is 35.2 Å². The van der Waals surface area contributed by atoms with Gasteiger partial charge in [-0.2, -0.15) is 0 Å². The third-order valence-electron chi connectivity index (χ3n) is 5.67. The van der Waals surface area contributed by atoms with Crippen molar-refractivity contribution in [1.29, 1.82) is 0 Å². The number of hydrogen-bond donors (Lipinski definition) is 0. The topological polar surface area (TPSA) is 54.9 Å². The molecular formula is C24H27N3O3. The molecule has 6 heteroatoms. The Bertz CT molecular complexity index is 1060. The van der Waals surface area contributed by atoms with Crippen molar-refractivity contribution in [3.8, 4) is 11.5 Å². The standard InChI is InChI=1S/C24H27N3O3/c1-17-14-23(25-20-7-5-4-6-19(17)20)26-10-12-27(13-11-26)24(28)16-18-8-9-21(29-2)22(15-18)30-3/h4-9,14-15H,10-13,16H2,1-3H3. The fraction of sp³-hybridized carbons (Fsp3) is 0.333. The summed E-state index contributed by atoms with van der Waals surface area (Å²) in [6.45, 7) is 5.07. The fourth-order valence-electron chi connectivity index (χ4n) is 3.96. The van der Waals surface area contributed by atoms with Gasteiger partial charge in [-0.3, -0.25) is 4.79 Å². The first kappa shape index (κ1) is 20.0. The van der Waals surface area contributed by atoms with E-state index in [1.54, 1.807) is 14.2 Å². The molecular weight excluding hydrogens is 378 g/mol. The van der Waals surface area contributed by atoms with Crippen molar-refractivity contribution in [3.05, 3.63) is 59.7 Å². The van der Waals surface area contributed by atoms with Crippen LogP contribution in [0.15, 0.2) is 48.5 Å². The maximum atomic E-state index is 12.8. The molecule has 4 rings (SSSR count). The number of anilines is 1. The van der Waals surface area contributed by atoms with E-state index in [4.69, 9.17) is 14.5 Å². The number of rotatable bonds is 5. The highest BCUT2D eigenvalue weighted by molar-refractivity contribution is 5.84. The highest BCUT2D eigenvalue weighted by Crippen LogP contribution is 2.28. The number of carbonyl (C=O) groups excluding carboxylic acids is 1. The average Bonchev–Trinajstić information content (AvgIpc) is 2.79. The monoisotopic (exact) mass is 405 g/mol. The lowest BCUT2D eigenvalue weighted by Gasteiger charge is -2.35. The molecule has 156 valence electrons. The van der Waals surface area contributed by atoms with Crippen molar-refractivity contribution < 1.29 is 14.3 Å². The average molecular weight is 405 g/mol. The summed E-state index contributed by atoms with van der Waals surface area (Å²) in [5.41, 5.74) is 3.16. The number of nitrogens with zero attached hydrogens (tertiary/aromatic N) is 3. The lowest BCUT2D eigenvalue weighted by atomic mass is 10.1. The van der Waals surface area contributed by atoms with Gasteiger partial charge in [0, 0.05) is 31.6 Å². The van der Waals surface area contributed by atoms with Crippen LogP contribution in [0.2, 0.25) is 0 Å². The van der Waals surface area contributed by atoms with Crippen LogP contribution in [0, 0.1) is 6.92 Å². The van der Waals surface area contributed by atoms with Crippen LogP contribution in [0.5, 0.6) is 11.5 Å². The second-order valence-electron chi connectivity index (χ2n) is 7.55. The van der Waals surface area contributed by atoms with Crippen molar-refractivity contribution in [2.24, 2.45) is 0 Å². The number of aryl methyl sites for hydroxylation is 1. The fourth-order valence-corrected chi connectivity index (χ4v) is 3.96. The summed E-state index contributed by atoms with van der Waals surface area (Å²) < 4.78 is 10.6. The molecule has 1 aromatic heterocycles. The molecule has 1 saturated heterocycles. The van der Waals surface area contributed by atoms with Gasteiger partial charge in [-0.25, -0.2) is 4.98 Å². The Kier molecular flexibility index (Phi) is 5.74. The van der Waals surface area contributed by atoms with Crippen LogP contribution in [0.1, 0.15) is 11.1 Å². The zero-order valence-electron chi connectivity index (χ0n) is 17.7. The number of aromatic nitrogens is 1. The Hall–Kier alpha value is -3.28. The largest absolute Gasteiger partial charge is 0.493 e. The molecule has 0 radical (unpaired) electrons. The Morgan fingerprint density at radius 1 is 0.967 bits per heavy atom. The van der Waals surface area contributed by atoms with Gasteiger partial charge in [-0.15, -0.1) is 0 Å². The summed E-state index contributed by atoms with van der Waals surface area (Å²) in [7, 11) is 3.21. The number of para-hydroxylation sites is 1. The van der Waals surface area contributed by atoms with Gasteiger partial charge < -0.3 is 19.3 Å². The number of piperazine rings is 1. The van der Waals surface area contributed by atoms with E-state index in [1.165, 1.54) is 10.9 Å². The molecule has 2 heterocycles. The number of benzene rings is 2. The Balaban J connectivity index is 1.40. The molecule has 1 aliphatic rings. The van der Waals surface area contributed by atoms with Gasteiger partial charge in [0.05, 0.1) is 26.2 Å². The van der Waals surface area contributed by atoms with Crippen LogP contribution in [0.3, 0.4) is 0 Å². The van der Waals surface area contributed by atoms with Crippen molar-refractivity contribution in [2.45, 2.75) is 13.3 Å². The van der Waals surface area contributed by atoms with E-state index in [2.05, 4.69) is 30.0 Å². The Morgan fingerprint density at radius 2 is 1.70 bits per heavy atom. The molecule has 1 aliphatic heterocycles. The van der Waals surface area contributed by atoms with E-state index in [0.717, 1.165) is 30.0 Å². The number of amides is 1. The second kappa shape index (κ2) is 8.61. The normalized spacial score (nSPS) is 14.1. The van der Waals surface area contributed by atoms with E-state index < -0.39 is 0 Å². The molecule has 0 spiro atoms. The number of pyridine rings is 1. The summed E-state index contributed by atoms with van der Waals surface area (Å²) in [6, 6.07) is 16.0. The second-order valence-corrected chi connectivity index (χ2v) is 7.55. The first-order valence-electron chi connectivity index (χ1n) is 10.2. The minimum Gasteiger partial charge on any atom is -0.493 e. The first-order valence-corrected chi connectivity index (χ1v) is 10.2. The van der Waals surface area contributed by atoms with Crippen LogP contribution in [-0.4, -0.2) is 56.2 Å². The quantitative estimate of drug-likeness (QED) is 0.651. The van der Waals surface area contributed by atoms with Crippen LogP contribution < -0.4 is 14.4 Å². The van der Waals surface area contributed by atoms with Crippen LogP contribution in [0.25, 0.3) is 10.9 Å². The third kappa shape index (κ3) is 4.03. The Labute approximate surface area is 177 Å². The van der Waals surface area contributed by atoms with E-state index in [0.29, 0.717) is 31.0 Å². The van der Waals surface area contributed by atoms with Crippen molar-refractivity contribution in [1.82, 2.24) is 9.88 Å². The predicted octanol–water partition coefficient (Wildman–Crippen LogP) is 3.45. The van der Waals surface area contributed by atoms with E-state index in [-0.39, 0.29) is 5.91 Å². The smallest absolute Gasteiger partial charge is 0.227 e. The summed E-state index contributed by atoms with van der Waals surface area (Å²) >= 11 is 0. The molecule has 0 bridgehead atoms. The molecule has 0 aliphatic carbocycles. The maximum Gasteiger partial charge on any atom is 0.227 e. The summed E-state index contributed by atoms with van der Waals surface area (Å²) in [6.07, 6.45) is 0.355. The van der Waals surface area contributed by atoms with Crippen molar-refractivity contribution in [3.63, 3.8) is 0 Å². The van der Waals surface area contributed by atoms with Gasteiger partial charge in [0.1, 0.15) is 5.82 Å². The lowest BCUT2D eigenvalue weighted by molar-refractivity contribution is -0.130. The summed E-state index contributed by atoms with van der Waals surface area (Å²) in [5, 5.41) is 1.19. The molecule has 0 unspecified atom stereocenters. The number of methoxy groups -OCH3 is 2. The predicted molar refractivity (Wildman–Crippen MR) is 119 cm³/mol. The molecule has 3 aromatic rings. The molecule has 1 fully saturated rings. The van der Waals surface area contributed by atoms with Gasteiger partial charge in [-0.05, 0) is 42.3 Å². The molecule has 0 N–H and O–H groups in total. The minimum absolute atomic E-state index is 0.129. The van der Waals surface area contributed by atoms with Gasteiger partial charge >= 0.3 is 0 Å². The van der Waals surface area contributed by atoms with Crippen LogP contribution in [-0.2, 0) is 11.2 Å². The maximum absolute atomic E-state index is 12.8. The summed E-state index contributed by atoms with van der Waals surface area (Å²) in [5.74, 6) is 2.42. The first-order chi connectivity index (χ1) is 14.6. The van der Waals surface area contributed by atoms with Crippen LogP contribution in [0.4, 0.5) is 5.82 Å². The highest BCUT2D eigenvalue weighted by Gasteiger charge is 2.23. The van der Waals surface area contributed by atoms with Gasteiger partial charge in [-0.1, -0.05) is 24.3 Å². The Morgan fingerprint density at radius 3 is 2.43 bits per heavy atom. The van der Waals surface area contributed by atoms with E-state index in [9.17, 15) is 4.79 Å². The summed E-state index contributed by atoms with van der Waals surface area (Å²) in [4.78, 5) is 21.8. The van der Waals surface area contributed by atoms with Crippen molar-refractivity contribution >= 4 is 22.6 Å². The van der Waals surface area contributed by atoms with Gasteiger partial charge in [0.15, 0.2) is 11.5 Å². The number of carbonyl (C=O) groups is 1. The SMILES string of the molecule is COc1ccc(CC(=O)N2CCN(c3cc(C)c4ccccc4n3)CC2)cc1OC. The number of fused-ring (bicyclic) bond motifs is 1. The third-order valence-corrected chi connectivity index (χ3v) is 5.67. The number of hydrogen-bond acceptors (Lipinski definition) is 5. The van der Waals surface area contributed by atoms with Crippen LogP contribution >= 0.6 is 0 Å². The van der Waals surface area contributed by atoms with E-state index >= 15 is 0 Å². The zero-order valence-corrected chi connectivity index (χ0v) is 17.7. The molecule has 30 heavy (non-hydrogen) atoms. The zero-order chi connectivity index (χ0) is 21.1. The van der Waals surface area contributed by atoms with Gasteiger partial charge in [0.25, 0.3) is 0 Å². The van der Waals surface area contributed by atoms with Gasteiger partial charge in [0.2, 0.25) is 5.91 Å². The number of ether oxygens (including phenoxy) is 2. The highest BCUT2D eigenvalue weighted by atomic mass is 16.5. The molecule has 0 saturated carbocycles. The van der Waals surface area contributed by atoms with Crippen molar-refractivity contribution in [2.75, 3.05) is 45.3 Å². The molecule has 1 amide bonds.